The number of hydrogen-bond acceptors (Lipinski definition) is 3. The lowest BCUT2D eigenvalue weighted by atomic mass is 10.2. The van der Waals surface area contributed by atoms with Crippen molar-refractivity contribution >= 4 is 17.4 Å². The van der Waals surface area contributed by atoms with Crippen molar-refractivity contribution in [2.45, 2.75) is 6.92 Å². The first-order valence-electron chi connectivity index (χ1n) is 5.23. The number of Topliss-reactive ketones (excluding diaryl/α,β-unsaturated/α-hetero) is 1. The Morgan fingerprint density at radius 2 is 2.05 bits per heavy atom. The van der Waals surface area contributed by atoms with Crippen molar-refractivity contribution in [3.05, 3.63) is 61.6 Å². The van der Waals surface area contributed by atoms with Gasteiger partial charge in [0.15, 0.2) is 5.78 Å². The number of rotatable bonds is 2. The Hall–Kier alpha value is -2.21. The summed E-state index contributed by atoms with van der Waals surface area (Å²) in [5, 5.41) is -0.103. The van der Waals surface area contributed by atoms with Gasteiger partial charge < -0.3 is 4.98 Å². The van der Waals surface area contributed by atoms with E-state index in [4.69, 9.17) is 11.6 Å². The van der Waals surface area contributed by atoms with Crippen molar-refractivity contribution in [3.8, 4) is 5.69 Å². The summed E-state index contributed by atoms with van der Waals surface area (Å²) < 4.78 is 14.3. The van der Waals surface area contributed by atoms with E-state index in [1.807, 2.05) is 0 Å². The maximum Gasteiger partial charge on any atom is 0.333 e. The molecule has 0 aliphatic heterocycles. The second-order valence-electron chi connectivity index (χ2n) is 3.77. The number of aromatic amines is 1. The van der Waals surface area contributed by atoms with E-state index < -0.39 is 22.8 Å². The van der Waals surface area contributed by atoms with Crippen LogP contribution in [0.25, 0.3) is 5.69 Å². The largest absolute Gasteiger partial charge is 0.333 e. The molecule has 1 heterocycles. The molecule has 0 radical (unpaired) electrons. The van der Waals surface area contributed by atoms with Crippen molar-refractivity contribution in [1.29, 1.82) is 0 Å². The molecule has 2 rings (SSSR count). The number of H-pyrrole nitrogens is 1. The van der Waals surface area contributed by atoms with Gasteiger partial charge in [-0.2, -0.15) is 0 Å². The normalized spacial score (nSPS) is 10.5. The van der Waals surface area contributed by atoms with Crippen molar-refractivity contribution in [3.63, 3.8) is 0 Å². The van der Waals surface area contributed by atoms with Crippen LogP contribution in [0.2, 0.25) is 5.02 Å². The van der Waals surface area contributed by atoms with E-state index in [0.29, 0.717) is 4.57 Å². The fourth-order valence-corrected chi connectivity index (χ4v) is 1.88. The number of aromatic nitrogens is 2. The quantitative estimate of drug-likeness (QED) is 0.849. The smallest absolute Gasteiger partial charge is 0.313 e. The maximum absolute atomic E-state index is 13.7. The Morgan fingerprint density at radius 3 is 2.63 bits per heavy atom. The third-order valence-electron chi connectivity index (χ3n) is 2.52. The molecule has 0 spiro atoms. The van der Waals surface area contributed by atoms with Crippen LogP contribution in [0, 0.1) is 5.82 Å². The van der Waals surface area contributed by atoms with Gasteiger partial charge in [-0.3, -0.25) is 9.59 Å². The highest BCUT2D eigenvalue weighted by molar-refractivity contribution is 6.32. The molecule has 98 valence electrons. The van der Waals surface area contributed by atoms with Gasteiger partial charge in [-0.15, -0.1) is 0 Å². The van der Waals surface area contributed by atoms with Crippen LogP contribution in [-0.2, 0) is 0 Å². The minimum absolute atomic E-state index is 0.103. The molecule has 0 unspecified atom stereocenters. The Balaban J connectivity index is 2.91. The molecule has 0 saturated heterocycles. The molecule has 1 aromatic carbocycles. The predicted molar refractivity (Wildman–Crippen MR) is 67.6 cm³/mol. The average molecular weight is 283 g/mol. The molecule has 0 bridgehead atoms. The molecular weight excluding hydrogens is 275 g/mol. The van der Waals surface area contributed by atoms with Gasteiger partial charge in [-0.1, -0.05) is 17.7 Å². The number of carbonyl (C=O) groups is 1. The van der Waals surface area contributed by atoms with Crippen LogP contribution in [0.1, 0.15) is 17.3 Å². The Bertz CT molecular complexity index is 759. The van der Waals surface area contributed by atoms with E-state index in [-0.39, 0.29) is 16.3 Å². The maximum atomic E-state index is 13.7. The fraction of sp³-hybridized carbons (Fsp3) is 0.0833. The molecule has 19 heavy (non-hydrogen) atoms. The predicted octanol–water partition coefficient (Wildman–Crippen LogP) is 1.52. The average Bonchev–Trinajstić information content (AvgIpc) is 2.32. The molecular formula is C12H8ClFN2O3. The van der Waals surface area contributed by atoms with Crippen molar-refractivity contribution in [2.24, 2.45) is 0 Å². The lowest BCUT2D eigenvalue weighted by Crippen LogP contribution is -2.37. The Kier molecular flexibility index (Phi) is 3.35. The Morgan fingerprint density at radius 1 is 1.37 bits per heavy atom. The second kappa shape index (κ2) is 4.81. The molecule has 0 atom stereocenters. The van der Waals surface area contributed by atoms with Gasteiger partial charge in [0.2, 0.25) is 0 Å². The van der Waals surface area contributed by atoms with Crippen LogP contribution >= 0.6 is 11.6 Å². The minimum atomic E-state index is -0.914. The zero-order valence-corrected chi connectivity index (χ0v) is 10.5. The minimum Gasteiger partial charge on any atom is -0.313 e. The number of nitrogens with zero attached hydrogens (tertiary/aromatic N) is 1. The number of halogens is 2. The van der Waals surface area contributed by atoms with Gasteiger partial charge in [-0.05, 0) is 19.1 Å². The zero-order chi connectivity index (χ0) is 14.2. The number of hydrogen-bond donors (Lipinski definition) is 1. The molecule has 2 aromatic rings. The third-order valence-corrected chi connectivity index (χ3v) is 2.82. The summed E-state index contributed by atoms with van der Waals surface area (Å²) in [6.45, 7) is 1.17. The molecule has 5 nitrogen and oxygen atoms in total. The molecule has 0 aliphatic carbocycles. The highest BCUT2D eigenvalue weighted by atomic mass is 35.5. The van der Waals surface area contributed by atoms with E-state index in [1.54, 1.807) is 0 Å². The van der Waals surface area contributed by atoms with Gasteiger partial charge in [0.05, 0.1) is 10.6 Å². The van der Waals surface area contributed by atoms with Crippen molar-refractivity contribution in [1.82, 2.24) is 9.55 Å². The van der Waals surface area contributed by atoms with Crippen molar-refractivity contribution in [2.75, 3.05) is 0 Å². The van der Waals surface area contributed by atoms with E-state index in [0.717, 1.165) is 12.3 Å². The van der Waals surface area contributed by atoms with Gasteiger partial charge >= 0.3 is 5.69 Å². The summed E-state index contributed by atoms with van der Waals surface area (Å²) in [6, 6.07) is 3.75. The lowest BCUT2D eigenvalue weighted by Gasteiger charge is -2.08. The molecule has 0 aliphatic rings. The Labute approximate surface area is 111 Å². The number of benzene rings is 1. The number of nitrogens with one attached hydrogen (secondary N) is 1. The highest BCUT2D eigenvalue weighted by Gasteiger charge is 2.17. The van der Waals surface area contributed by atoms with Crippen LogP contribution in [0.15, 0.2) is 34.0 Å². The van der Waals surface area contributed by atoms with E-state index in [9.17, 15) is 18.8 Å². The third kappa shape index (κ3) is 2.22. The van der Waals surface area contributed by atoms with E-state index in [1.165, 1.54) is 19.1 Å². The van der Waals surface area contributed by atoms with Gasteiger partial charge in [0, 0.05) is 6.20 Å². The fourth-order valence-electron chi connectivity index (χ4n) is 1.63. The van der Waals surface area contributed by atoms with Gasteiger partial charge in [-0.25, -0.2) is 13.8 Å². The van der Waals surface area contributed by atoms with Crippen LogP contribution < -0.4 is 11.2 Å². The highest BCUT2D eigenvalue weighted by Crippen LogP contribution is 2.20. The van der Waals surface area contributed by atoms with E-state index >= 15 is 0 Å². The van der Waals surface area contributed by atoms with E-state index in [2.05, 4.69) is 4.98 Å². The summed E-state index contributed by atoms with van der Waals surface area (Å²) in [7, 11) is 0. The first-order valence-corrected chi connectivity index (χ1v) is 5.61. The van der Waals surface area contributed by atoms with Gasteiger partial charge in [0.25, 0.3) is 5.56 Å². The molecule has 0 fully saturated rings. The molecule has 1 N–H and O–H groups in total. The molecule has 0 amide bonds. The number of para-hydroxylation sites is 1. The van der Waals surface area contributed by atoms with Crippen LogP contribution in [-0.4, -0.2) is 15.3 Å². The zero-order valence-electron chi connectivity index (χ0n) is 9.74. The second-order valence-corrected chi connectivity index (χ2v) is 4.18. The first-order chi connectivity index (χ1) is 8.93. The summed E-state index contributed by atoms with van der Waals surface area (Å²) >= 11 is 5.80. The monoisotopic (exact) mass is 282 g/mol. The van der Waals surface area contributed by atoms with Crippen molar-refractivity contribution < 1.29 is 9.18 Å². The number of carbonyl (C=O) groups excluding carboxylic acids is 1. The SMILES string of the molecule is CC(=O)c1c[nH]c(=O)n(-c2c(F)cccc2Cl)c1=O. The van der Waals surface area contributed by atoms with Gasteiger partial charge in [0.1, 0.15) is 11.5 Å². The summed E-state index contributed by atoms with van der Waals surface area (Å²) in [6.07, 6.45) is 0.998. The lowest BCUT2D eigenvalue weighted by molar-refractivity contribution is 0.101. The summed E-state index contributed by atoms with van der Waals surface area (Å²) in [4.78, 5) is 37.2. The topological polar surface area (TPSA) is 71.9 Å². The van der Waals surface area contributed by atoms with Crippen LogP contribution in [0.5, 0.6) is 0 Å². The summed E-state index contributed by atoms with van der Waals surface area (Å²) in [5.41, 5.74) is -2.41. The molecule has 1 aromatic heterocycles. The van der Waals surface area contributed by atoms with Crippen LogP contribution in [0.4, 0.5) is 4.39 Å². The number of ketones is 1. The standard InChI is InChI=1S/C12H8ClFN2O3/c1-6(17)7-5-15-12(19)16(11(7)18)10-8(13)3-2-4-9(10)14/h2-5H,1H3,(H,15,19). The first kappa shape index (κ1) is 13.2. The molecule has 7 heteroatoms. The summed E-state index contributed by atoms with van der Waals surface area (Å²) in [5.74, 6) is -1.37. The van der Waals surface area contributed by atoms with Crippen LogP contribution in [0.3, 0.4) is 0 Å². The molecule has 0 saturated carbocycles.